The van der Waals surface area contributed by atoms with Crippen molar-refractivity contribution in [3.05, 3.63) is 114 Å². The summed E-state index contributed by atoms with van der Waals surface area (Å²) in [5.41, 5.74) is 1.76. The molecule has 0 spiro atoms. The van der Waals surface area contributed by atoms with Gasteiger partial charge in [-0.2, -0.15) is 0 Å². The van der Waals surface area contributed by atoms with Gasteiger partial charge in [0.25, 0.3) is 5.91 Å². The van der Waals surface area contributed by atoms with Crippen molar-refractivity contribution in [2.75, 3.05) is 0 Å². The molecule has 1 atom stereocenters. The van der Waals surface area contributed by atoms with E-state index in [0.29, 0.717) is 31.6 Å². The number of rotatable bonds is 3. The number of amides is 1. The van der Waals surface area contributed by atoms with Crippen molar-refractivity contribution < 1.29 is 9.21 Å². The molecule has 0 fully saturated rings. The summed E-state index contributed by atoms with van der Waals surface area (Å²) < 4.78 is 5.92. The van der Waals surface area contributed by atoms with Crippen molar-refractivity contribution >= 4 is 51.7 Å². The van der Waals surface area contributed by atoms with E-state index in [1.54, 1.807) is 47.4 Å². The Morgan fingerprint density at radius 3 is 2.42 bits per heavy atom. The third kappa shape index (κ3) is 3.41. The van der Waals surface area contributed by atoms with Crippen molar-refractivity contribution in [3.63, 3.8) is 0 Å². The highest BCUT2D eigenvalue weighted by Crippen LogP contribution is 2.40. The molecule has 0 radical (unpaired) electrons. The molecule has 1 aromatic heterocycles. The van der Waals surface area contributed by atoms with Crippen molar-refractivity contribution in [2.24, 2.45) is 0 Å². The summed E-state index contributed by atoms with van der Waals surface area (Å²) in [5.74, 6) is -0.356. The highest BCUT2D eigenvalue weighted by molar-refractivity contribution is 6.31. The van der Waals surface area contributed by atoms with Crippen LogP contribution >= 0.6 is 34.8 Å². The van der Waals surface area contributed by atoms with Gasteiger partial charge in [0.2, 0.25) is 5.76 Å². The van der Waals surface area contributed by atoms with Gasteiger partial charge in [-0.05, 0) is 47.5 Å². The van der Waals surface area contributed by atoms with Gasteiger partial charge in [0.15, 0.2) is 5.43 Å². The van der Waals surface area contributed by atoms with E-state index in [1.807, 2.05) is 24.3 Å². The average Bonchev–Trinajstić information content (AvgIpc) is 3.02. The zero-order chi connectivity index (χ0) is 21.7. The summed E-state index contributed by atoms with van der Waals surface area (Å²) in [4.78, 5) is 28.5. The first-order valence-corrected chi connectivity index (χ1v) is 10.6. The maximum Gasteiger partial charge on any atom is 0.291 e. The van der Waals surface area contributed by atoms with Gasteiger partial charge in [-0.25, -0.2) is 0 Å². The van der Waals surface area contributed by atoms with Crippen LogP contribution < -0.4 is 5.43 Å². The largest absolute Gasteiger partial charge is 0.450 e. The molecule has 0 aliphatic carbocycles. The topological polar surface area (TPSA) is 50.5 Å². The lowest BCUT2D eigenvalue weighted by atomic mass is 9.98. The molecule has 154 valence electrons. The van der Waals surface area contributed by atoms with Crippen LogP contribution in [-0.4, -0.2) is 10.8 Å². The highest BCUT2D eigenvalue weighted by atomic mass is 35.5. The highest BCUT2D eigenvalue weighted by Gasteiger charge is 2.43. The minimum absolute atomic E-state index is 0.0249. The van der Waals surface area contributed by atoms with Gasteiger partial charge >= 0.3 is 0 Å². The number of fused-ring (bicyclic) bond motifs is 2. The molecule has 3 aromatic carbocycles. The molecule has 0 saturated heterocycles. The molecule has 31 heavy (non-hydrogen) atoms. The number of halogens is 3. The van der Waals surface area contributed by atoms with E-state index in [-0.39, 0.29) is 29.2 Å². The summed E-state index contributed by atoms with van der Waals surface area (Å²) in [5, 5.41) is 1.78. The van der Waals surface area contributed by atoms with E-state index < -0.39 is 6.04 Å². The van der Waals surface area contributed by atoms with Crippen molar-refractivity contribution in [1.29, 1.82) is 0 Å². The number of hydrogen-bond acceptors (Lipinski definition) is 3. The predicted octanol–water partition coefficient (Wildman–Crippen LogP) is 6.50. The van der Waals surface area contributed by atoms with E-state index in [9.17, 15) is 9.59 Å². The Morgan fingerprint density at radius 2 is 1.65 bits per heavy atom. The molecule has 0 bridgehead atoms. The minimum Gasteiger partial charge on any atom is -0.450 e. The van der Waals surface area contributed by atoms with Crippen LogP contribution in [0.25, 0.3) is 11.0 Å². The summed E-state index contributed by atoms with van der Waals surface area (Å²) in [6, 6.07) is 18.5. The number of nitrogens with zero attached hydrogens (tertiary/aromatic N) is 1. The van der Waals surface area contributed by atoms with Crippen LogP contribution in [0.5, 0.6) is 0 Å². The average molecular weight is 471 g/mol. The Hall–Kier alpha value is -2.79. The Morgan fingerprint density at radius 1 is 0.871 bits per heavy atom. The number of benzene rings is 3. The zero-order valence-corrected chi connectivity index (χ0v) is 18.2. The smallest absolute Gasteiger partial charge is 0.291 e. The molecule has 4 nitrogen and oxygen atoms in total. The summed E-state index contributed by atoms with van der Waals surface area (Å²) >= 11 is 18.7. The second-order valence-electron chi connectivity index (χ2n) is 7.30. The summed E-state index contributed by atoms with van der Waals surface area (Å²) in [7, 11) is 0. The van der Waals surface area contributed by atoms with Gasteiger partial charge in [-0.15, -0.1) is 0 Å². The molecule has 1 aliphatic rings. The maximum atomic E-state index is 13.5. The minimum atomic E-state index is -0.669. The number of carbonyl (C=O) groups is 1. The molecule has 0 saturated carbocycles. The molecule has 1 unspecified atom stereocenters. The first kappa shape index (κ1) is 20.1. The molecule has 2 heterocycles. The van der Waals surface area contributed by atoms with Crippen LogP contribution in [0, 0.1) is 0 Å². The first-order chi connectivity index (χ1) is 14.9. The number of hydrogen-bond donors (Lipinski definition) is 0. The van der Waals surface area contributed by atoms with Crippen molar-refractivity contribution in [2.45, 2.75) is 12.6 Å². The van der Waals surface area contributed by atoms with E-state index in [1.165, 1.54) is 0 Å². The predicted molar refractivity (Wildman–Crippen MR) is 122 cm³/mol. The van der Waals surface area contributed by atoms with Crippen LogP contribution in [0.4, 0.5) is 0 Å². The molecule has 0 N–H and O–H groups in total. The van der Waals surface area contributed by atoms with Crippen LogP contribution in [0.15, 0.2) is 75.9 Å². The van der Waals surface area contributed by atoms with E-state index in [2.05, 4.69) is 0 Å². The fourth-order valence-electron chi connectivity index (χ4n) is 3.99. The molecule has 7 heteroatoms. The second kappa shape index (κ2) is 7.72. The SMILES string of the molecule is O=C1c2oc3ccc(Cl)cc3c(=O)c2C(c2cccc(Cl)c2)N1Cc1ccccc1Cl. The molecule has 1 amide bonds. The van der Waals surface area contributed by atoms with E-state index in [0.717, 1.165) is 5.56 Å². The van der Waals surface area contributed by atoms with E-state index in [4.69, 9.17) is 39.2 Å². The van der Waals surface area contributed by atoms with Gasteiger partial charge in [0, 0.05) is 21.6 Å². The Balaban J connectivity index is 1.75. The van der Waals surface area contributed by atoms with Crippen LogP contribution in [0.3, 0.4) is 0 Å². The van der Waals surface area contributed by atoms with Gasteiger partial charge in [0.05, 0.1) is 17.0 Å². The van der Waals surface area contributed by atoms with Gasteiger partial charge < -0.3 is 9.32 Å². The summed E-state index contributed by atoms with van der Waals surface area (Å²) in [6.07, 6.45) is 0. The van der Waals surface area contributed by atoms with Gasteiger partial charge in [-0.1, -0.05) is 65.1 Å². The van der Waals surface area contributed by atoms with E-state index >= 15 is 0 Å². The quantitative estimate of drug-likeness (QED) is 0.343. The third-order valence-electron chi connectivity index (χ3n) is 5.39. The fourth-order valence-corrected chi connectivity index (χ4v) is 4.56. The Labute approximate surface area is 192 Å². The van der Waals surface area contributed by atoms with Crippen LogP contribution in [0.1, 0.15) is 33.3 Å². The molecular formula is C24H14Cl3NO3. The normalized spacial score (nSPS) is 15.5. The molecule has 5 rings (SSSR count). The summed E-state index contributed by atoms with van der Waals surface area (Å²) in [6.45, 7) is 0.205. The lowest BCUT2D eigenvalue weighted by molar-refractivity contribution is 0.0714. The lowest BCUT2D eigenvalue weighted by Gasteiger charge is -2.25. The van der Waals surface area contributed by atoms with Crippen LogP contribution in [-0.2, 0) is 6.54 Å². The number of carbonyl (C=O) groups excluding carboxylic acids is 1. The Bertz CT molecular complexity index is 1410. The monoisotopic (exact) mass is 469 g/mol. The fraction of sp³-hybridized carbons (Fsp3) is 0.0833. The standard InChI is InChI=1S/C24H14Cl3NO3/c25-15-6-3-5-13(10-15)21-20-22(29)17-11-16(26)8-9-19(17)31-23(20)24(30)28(21)12-14-4-1-2-7-18(14)27/h1-11,21H,12H2. The first-order valence-electron chi connectivity index (χ1n) is 9.50. The molecule has 1 aliphatic heterocycles. The molecule has 4 aromatic rings. The zero-order valence-electron chi connectivity index (χ0n) is 15.9. The Kier molecular flexibility index (Phi) is 5.01. The lowest BCUT2D eigenvalue weighted by Crippen LogP contribution is -2.29. The third-order valence-corrected chi connectivity index (χ3v) is 6.23. The second-order valence-corrected chi connectivity index (χ2v) is 8.58. The molecular weight excluding hydrogens is 457 g/mol. The van der Waals surface area contributed by atoms with Crippen molar-refractivity contribution in [3.8, 4) is 0 Å². The van der Waals surface area contributed by atoms with Gasteiger partial charge in [-0.3, -0.25) is 9.59 Å². The van der Waals surface area contributed by atoms with Gasteiger partial charge in [0.1, 0.15) is 5.58 Å². The van der Waals surface area contributed by atoms with Crippen LogP contribution in [0.2, 0.25) is 15.1 Å². The van der Waals surface area contributed by atoms with Crippen molar-refractivity contribution in [1.82, 2.24) is 4.90 Å². The maximum absolute atomic E-state index is 13.5.